The average Bonchev–Trinajstić information content (AvgIpc) is 2.51. The van der Waals surface area contributed by atoms with Crippen LogP contribution in [0.4, 0.5) is 5.69 Å². The molecule has 5 heteroatoms. The second kappa shape index (κ2) is 7.13. The lowest BCUT2D eigenvalue weighted by atomic mass is 10.0. The molecule has 21 heavy (non-hydrogen) atoms. The van der Waals surface area contributed by atoms with Crippen molar-refractivity contribution in [1.82, 2.24) is 4.98 Å². The second-order valence-electron chi connectivity index (χ2n) is 4.68. The van der Waals surface area contributed by atoms with Gasteiger partial charge in [-0.1, -0.05) is 17.7 Å². The number of hydrogen-bond acceptors (Lipinski definition) is 5. The predicted octanol–water partition coefficient (Wildman–Crippen LogP) is 2.97. The SMILES string of the molecule is COC(=O)CSC(c1ccncc1)c1cc(C)ccc1N. The third-order valence-corrected chi connectivity index (χ3v) is 4.39. The number of carbonyl (C=O) groups is 1. The molecule has 0 bridgehead atoms. The van der Waals surface area contributed by atoms with E-state index in [2.05, 4.69) is 11.1 Å². The average molecular weight is 302 g/mol. The van der Waals surface area contributed by atoms with E-state index in [9.17, 15) is 4.79 Å². The lowest BCUT2D eigenvalue weighted by Crippen LogP contribution is -2.08. The monoisotopic (exact) mass is 302 g/mol. The van der Waals surface area contributed by atoms with E-state index in [-0.39, 0.29) is 17.0 Å². The Bertz CT molecular complexity index is 617. The highest BCUT2D eigenvalue weighted by Gasteiger charge is 2.19. The maximum atomic E-state index is 11.4. The summed E-state index contributed by atoms with van der Waals surface area (Å²) < 4.78 is 4.72. The van der Waals surface area contributed by atoms with Gasteiger partial charge in [-0.25, -0.2) is 0 Å². The Kier molecular flexibility index (Phi) is 5.22. The van der Waals surface area contributed by atoms with Gasteiger partial charge < -0.3 is 10.5 Å². The Hall–Kier alpha value is -2.01. The highest BCUT2D eigenvalue weighted by atomic mass is 32.2. The molecule has 0 radical (unpaired) electrons. The molecule has 0 saturated carbocycles. The van der Waals surface area contributed by atoms with Crippen molar-refractivity contribution in [2.75, 3.05) is 18.6 Å². The number of carbonyl (C=O) groups excluding carboxylic acids is 1. The number of esters is 1. The topological polar surface area (TPSA) is 65.2 Å². The maximum absolute atomic E-state index is 11.4. The molecule has 2 rings (SSSR count). The van der Waals surface area contributed by atoms with Crippen LogP contribution in [-0.4, -0.2) is 23.8 Å². The summed E-state index contributed by atoms with van der Waals surface area (Å²) in [7, 11) is 1.39. The molecule has 1 atom stereocenters. The summed E-state index contributed by atoms with van der Waals surface area (Å²) >= 11 is 1.50. The number of thioether (sulfide) groups is 1. The van der Waals surface area contributed by atoms with Crippen LogP contribution in [-0.2, 0) is 9.53 Å². The second-order valence-corrected chi connectivity index (χ2v) is 5.77. The third-order valence-electron chi connectivity index (χ3n) is 3.13. The summed E-state index contributed by atoms with van der Waals surface area (Å²) in [5.41, 5.74) is 10.1. The highest BCUT2D eigenvalue weighted by molar-refractivity contribution is 8.00. The van der Waals surface area contributed by atoms with Gasteiger partial charge in [0.2, 0.25) is 0 Å². The van der Waals surface area contributed by atoms with E-state index in [1.165, 1.54) is 18.9 Å². The number of rotatable bonds is 5. The zero-order valence-electron chi connectivity index (χ0n) is 12.1. The smallest absolute Gasteiger partial charge is 0.315 e. The van der Waals surface area contributed by atoms with Gasteiger partial charge in [0.15, 0.2) is 0 Å². The van der Waals surface area contributed by atoms with Gasteiger partial charge in [-0.05, 0) is 36.2 Å². The fourth-order valence-electron chi connectivity index (χ4n) is 2.04. The quantitative estimate of drug-likeness (QED) is 0.679. The lowest BCUT2D eigenvalue weighted by molar-refractivity contribution is -0.137. The summed E-state index contributed by atoms with van der Waals surface area (Å²) in [6.45, 7) is 2.03. The van der Waals surface area contributed by atoms with Crippen molar-refractivity contribution in [2.45, 2.75) is 12.2 Å². The van der Waals surface area contributed by atoms with Crippen LogP contribution in [0.1, 0.15) is 21.9 Å². The first-order valence-electron chi connectivity index (χ1n) is 6.56. The summed E-state index contributed by atoms with van der Waals surface area (Å²) in [4.78, 5) is 15.5. The number of nitrogen functional groups attached to an aromatic ring is 1. The number of methoxy groups -OCH3 is 1. The fourth-order valence-corrected chi connectivity index (χ4v) is 3.19. The summed E-state index contributed by atoms with van der Waals surface area (Å²) in [5.74, 6) is 0.0296. The number of aryl methyl sites for hydroxylation is 1. The first-order valence-corrected chi connectivity index (χ1v) is 7.61. The minimum absolute atomic E-state index is 0.0213. The van der Waals surface area contributed by atoms with Crippen LogP contribution in [0, 0.1) is 6.92 Å². The molecule has 1 unspecified atom stereocenters. The van der Waals surface area contributed by atoms with E-state index in [0.717, 1.165) is 22.4 Å². The minimum Gasteiger partial charge on any atom is -0.468 e. The standard InChI is InChI=1S/C16H18N2O2S/c1-11-3-4-14(17)13(9-11)16(21-10-15(19)20-2)12-5-7-18-8-6-12/h3-9,16H,10,17H2,1-2H3. The number of hydrogen-bond donors (Lipinski definition) is 1. The van der Waals surface area contributed by atoms with Crippen LogP contribution in [0.25, 0.3) is 0 Å². The van der Waals surface area contributed by atoms with E-state index < -0.39 is 0 Å². The Labute approximate surface area is 128 Å². The first-order chi connectivity index (χ1) is 10.1. The maximum Gasteiger partial charge on any atom is 0.315 e. The molecule has 2 N–H and O–H groups in total. The molecule has 0 spiro atoms. The first kappa shape index (κ1) is 15.4. The molecule has 1 aromatic carbocycles. The minimum atomic E-state index is -0.245. The van der Waals surface area contributed by atoms with Crippen molar-refractivity contribution in [2.24, 2.45) is 0 Å². The van der Waals surface area contributed by atoms with Gasteiger partial charge >= 0.3 is 5.97 Å². The van der Waals surface area contributed by atoms with Crippen LogP contribution >= 0.6 is 11.8 Å². The Balaban J connectivity index is 2.35. The van der Waals surface area contributed by atoms with Crippen LogP contribution in [0.3, 0.4) is 0 Å². The van der Waals surface area contributed by atoms with Crippen molar-refractivity contribution in [3.63, 3.8) is 0 Å². The van der Waals surface area contributed by atoms with Gasteiger partial charge in [-0.15, -0.1) is 11.8 Å². The molecule has 1 heterocycles. The van der Waals surface area contributed by atoms with Gasteiger partial charge in [-0.3, -0.25) is 9.78 Å². The molecule has 110 valence electrons. The molecule has 0 amide bonds. The van der Waals surface area contributed by atoms with Crippen molar-refractivity contribution in [1.29, 1.82) is 0 Å². The van der Waals surface area contributed by atoms with E-state index >= 15 is 0 Å². The molecule has 0 aliphatic rings. The normalized spacial score (nSPS) is 11.9. The molecule has 1 aromatic heterocycles. The number of nitrogens with zero attached hydrogens (tertiary/aromatic N) is 1. The van der Waals surface area contributed by atoms with E-state index in [0.29, 0.717) is 0 Å². The molecule has 0 fully saturated rings. The van der Waals surface area contributed by atoms with Crippen molar-refractivity contribution >= 4 is 23.4 Å². The zero-order valence-corrected chi connectivity index (χ0v) is 12.9. The van der Waals surface area contributed by atoms with E-state index in [4.69, 9.17) is 10.5 Å². The molecule has 0 aliphatic heterocycles. The molecule has 0 saturated heterocycles. The molecule has 2 aromatic rings. The van der Waals surface area contributed by atoms with E-state index in [1.54, 1.807) is 12.4 Å². The zero-order chi connectivity index (χ0) is 15.2. The number of ether oxygens (including phenoxy) is 1. The highest BCUT2D eigenvalue weighted by Crippen LogP contribution is 2.38. The third kappa shape index (κ3) is 3.98. The predicted molar refractivity (Wildman–Crippen MR) is 86.1 cm³/mol. The summed E-state index contributed by atoms with van der Waals surface area (Å²) in [5, 5.41) is -0.0213. The van der Waals surface area contributed by atoms with Gasteiger partial charge in [0.25, 0.3) is 0 Å². The molecular formula is C16H18N2O2S. The van der Waals surface area contributed by atoms with E-state index in [1.807, 2.05) is 31.2 Å². The molecule has 0 aliphatic carbocycles. The van der Waals surface area contributed by atoms with Crippen molar-refractivity contribution in [3.05, 3.63) is 59.4 Å². The Morgan fingerprint density at radius 1 is 1.33 bits per heavy atom. The number of nitrogens with two attached hydrogens (primary N) is 1. The Morgan fingerprint density at radius 2 is 2.05 bits per heavy atom. The molecule has 4 nitrogen and oxygen atoms in total. The van der Waals surface area contributed by atoms with Gasteiger partial charge in [0.05, 0.1) is 18.1 Å². The largest absolute Gasteiger partial charge is 0.468 e. The number of aromatic nitrogens is 1. The summed E-state index contributed by atoms with van der Waals surface area (Å²) in [6.07, 6.45) is 3.49. The number of benzene rings is 1. The number of anilines is 1. The van der Waals surface area contributed by atoms with Gasteiger partial charge in [0.1, 0.15) is 0 Å². The van der Waals surface area contributed by atoms with Crippen LogP contribution < -0.4 is 5.73 Å². The number of pyridine rings is 1. The van der Waals surface area contributed by atoms with Gasteiger partial charge in [-0.2, -0.15) is 0 Å². The molecular weight excluding hydrogens is 284 g/mol. The van der Waals surface area contributed by atoms with Crippen LogP contribution in [0.2, 0.25) is 0 Å². The Morgan fingerprint density at radius 3 is 2.71 bits per heavy atom. The van der Waals surface area contributed by atoms with Crippen LogP contribution in [0.5, 0.6) is 0 Å². The lowest BCUT2D eigenvalue weighted by Gasteiger charge is -2.19. The van der Waals surface area contributed by atoms with Crippen molar-refractivity contribution < 1.29 is 9.53 Å². The summed E-state index contributed by atoms with van der Waals surface area (Å²) in [6, 6.07) is 9.82. The fraction of sp³-hybridized carbons (Fsp3) is 0.250. The van der Waals surface area contributed by atoms with Gasteiger partial charge in [0, 0.05) is 18.1 Å². The van der Waals surface area contributed by atoms with Crippen molar-refractivity contribution in [3.8, 4) is 0 Å². The van der Waals surface area contributed by atoms with Crippen LogP contribution in [0.15, 0.2) is 42.7 Å².